The first-order chi connectivity index (χ1) is 11.6. The van der Waals surface area contributed by atoms with Crippen LogP contribution in [0.4, 0.5) is 5.69 Å². The summed E-state index contributed by atoms with van der Waals surface area (Å²) in [6.45, 7) is 0. The zero-order chi connectivity index (χ0) is 17.1. The van der Waals surface area contributed by atoms with Gasteiger partial charge in [0.1, 0.15) is 17.1 Å². The third kappa shape index (κ3) is 2.81. The molecule has 3 aromatic rings. The Balaban J connectivity index is 2.08. The highest BCUT2D eigenvalue weighted by Crippen LogP contribution is 2.28. The highest BCUT2D eigenvalue weighted by atomic mass is 16.5. The van der Waals surface area contributed by atoms with Crippen LogP contribution in [0.25, 0.3) is 10.9 Å². The minimum atomic E-state index is -0.484. The van der Waals surface area contributed by atoms with E-state index >= 15 is 0 Å². The van der Waals surface area contributed by atoms with Crippen molar-refractivity contribution in [3.8, 4) is 11.5 Å². The summed E-state index contributed by atoms with van der Waals surface area (Å²) in [5, 5.41) is 3.00. The van der Waals surface area contributed by atoms with Crippen LogP contribution in [0.3, 0.4) is 0 Å². The number of ether oxygens (including phenoxy) is 2. The Morgan fingerprint density at radius 1 is 1.08 bits per heavy atom. The molecular formula is C18H16N2O4. The van der Waals surface area contributed by atoms with Crippen LogP contribution in [-0.4, -0.2) is 25.1 Å². The van der Waals surface area contributed by atoms with Crippen LogP contribution in [0.5, 0.6) is 11.5 Å². The monoisotopic (exact) mass is 324 g/mol. The van der Waals surface area contributed by atoms with E-state index in [1.54, 1.807) is 36.4 Å². The Bertz CT molecular complexity index is 948. The number of H-pyrrole nitrogens is 1. The molecular weight excluding hydrogens is 308 g/mol. The number of aromatic nitrogens is 1. The molecule has 0 unspecified atom stereocenters. The van der Waals surface area contributed by atoms with Gasteiger partial charge in [-0.05, 0) is 12.1 Å². The van der Waals surface area contributed by atoms with Crippen LogP contribution in [0.15, 0.2) is 53.5 Å². The molecule has 122 valence electrons. The highest BCUT2D eigenvalue weighted by molar-refractivity contribution is 6.06. The number of fused-ring (bicyclic) bond motifs is 1. The molecule has 2 N–H and O–H groups in total. The van der Waals surface area contributed by atoms with E-state index in [1.165, 1.54) is 20.4 Å². The maximum Gasteiger partial charge on any atom is 0.261 e. The van der Waals surface area contributed by atoms with E-state index in [2.05, 4.69) is 10.3 Å². The zero-order valence-electron chi connectivity index (χ0n) is 13.3. The summed E-state index contributed by atoms with van der Waals surface area (Å²) in [7, 11) is 2.99. The van der Waals surface area contributed by atoms with Gasteiger partial charge < -0.3 is 19.8 Å². The fourth-order valence-electron chi connectivity index (χ4n) is 2.46. The molecule has 0 aliphatic carbocycles. The molecule has 1 aromatic heterocycles. The van der Waals surface area contributed by atoms with E-state index in [0.29, 0.717) is 28.1 Å². The van der Waals surface area contributed by atoms with E-state index in [9.17, 15) is 9.59 Å². The predicted octanol–water partition coefficient (Wildman–Crippen LogP) is 2.80. The molecule has 0 aliphatic heterocycles. The van der Waals surface area contributed by atoms with Gasteiger partial charge in [0.15, 0.2) is 0 Å². The Labute approximate surface area is 138 Å². The smallest absolute Gasteiger partial charge is 0.261 e. The van der Waals surface area contributed by atoms with E-state index in [0.717, 1.165) is 0 Å². The second kappa shape index (κ2) is 6.45. The first kappa shape index (κ1) is 15.6. The number of hydrogen-bond acceptors (Lipinski definition) is 4. The van der Waals surface area contributed by atoms with Crippen LogP contribution in [0.2, 0.25) is 0 Å². The lowest BCUT2D eigenvalue weighted by Gasteiger charge is -2.10. The summed E-state index contributed by atoms with van der Waals surface area (Å²) in [6, 6.07) is 12.2. The van der Waals surface area contributed by atoms with Gasteiger partial charge in [-0.15, -0.1) is 0 Å². The standard InChI is InChI=1S/C18H16N2O4/c1-23-12-8-14-16(15(9-12)24-2)17(21)13(10-19-14)18(22)20-11-6-4-3-5-7-11/h3-10H,1-2H3,(H,19,21)(H,20,22). The largest absolute Gasteiger partial charge is 0.497 e. The Morgan fingerprint density at radius 3 is 2.50 bits per heavy atom. The summed E-state index contributed by atoms with van der Waals surface area (Å²) in [4.78, 5) is 28.1. The number of carbonyl (C=O) groups is 1. The van der Waals surface area contributed by atoms with Crippen molar-refractivity contribution in [2.45, 2.75) is 0 Å². The van der Waals surface area contributed by atoms with Crippen molar-refractivity contribution in [3.05, 3.63) is 64.4 Å². The number of aromatic amines is 1. The highest BCUT2D eigenvalue weighted by Gasteiger charge is 2.17. The summed E-state index contributed by atoms with van der Waals surface area (Å²) >= 11 is 0. The van der Waals surface area contributed by atoms with Crippen LogP contribution in [0, 0.1) is 0 Å². The molecule has 0 fully saturated rings. The minimum Gasteiger partial charge on any atom is -0.497 e. The second-order valence-corrected chi connectivity index (χ2v) is 5.10. The number of hydrogen-bond donors (Lipinski definition) is 2. The molecule has 0 saturated heterocycles. The molecule has 0 atom stereocenters. The summed E-state index contributed by atoms with van der Waals surface area (Å²) in [5.41, 5.74) is 0.752. The number of nitrogens with one attached hydrogen (secondary N) is 2. The van der Waals surface area contributed by atoms with Crippen molar-refractivity contribution in [3.63, 3.8) is 0 Å². The number of carbonyl (C=O) groups excluding carboxylic acids is 1. The molecule has 6 nitrogen and oxygen atoms in total. The van der Waals surface area contributed by atoms with Gasteiger partial charge in [0.25, 0.3) is 5.91 Å². The summed E-state index contributed by atoms with van der Waals surface area (Å²) in [6.07, 6.45) is 1.39. The normalized spacial score (nSPS) is 10.4. The molecule has 0 radical (unpaired) electrons. The maximum atomic E-state index is 12.7. The van der Waals surface area contributed by atoms with Crippen molar-refractivity contribution >= 4 is 22.5 Å². The van der Waals surface area contributed by atoms with Crippen LogP contribution >= 0.6 is 0 Å². The van der Waals surface area contributed by atoms with Crippen molar-refractivity contribution in [1.29, 1.82) is 0 Å². The van der Waals surface area contributed by atoms with E-state index in [1.807, 2.05) is 6.07 Å². The topological polar surface area (TPSA) is 80.4 Å². The Kier molecular flexibility index (Phi) is 4.20. The first-order valence-electron chi connectivity index (χ1n) is 7.28. The number of pyridine rings is 1. The van der Waals surface area contributed by atoms with Crippen molar-refractivity contribution in [2.24, 2.45) is 0 Å². The molecule has 0 bridgehead atoms. The molecule has 3 rings (SSSR count). The number of amides is 1. The fourth-order valence-corrected chi connectivity index (χ4v) is 2.46. The van der Waals surface area contributed by atoms with Gasteiger partial charge in [-0.25, -0.2) is 0 Å². The number of benzene rings is 2. The van der Waals surface area contributed by atoms with Gasteiger partial charge in [0.2, 0.25) is 5.43 Å². The van der Waals surface area contributed by atoms with Crippen molar-refractivity contribution in [1.82, 2.24) is 4.98 Å². The van der Waals surface area contributed by atoms with E-state index in [-0.39, 0.29) is 5.56 Å². The number of rotatable bonds is 4. The lowest BCUT2D eigenvalue weighted by atomic mass is 10.1. The molecule has 2 aromatic carbocycles. The third-order valence-electron chi connectivity index (χ3n) is 3.65. The molecule has 6 heteroatoms. The van der Waals surface area contributed by atoms with Crippen molar-refractivity contribution < 1.29 is 14.3 Å². The number of methoxy groups -OCH3 is 2. The van der Waals surface area contributed by atoms with Gasteiger partial charge in [-0.1, -0.05) is 18.2 Å². The van der Waals surface area contributed by atoms with Crippen molar-refractivity contribution in [2.75, 3.05) is 19.5 Å². The predicted molar refractivity (Wildman–Crippen MR) is 92.1 cm³/mol. The van der Waals surface area contributed by atoms with E-state index < -0.39 is 11.3 Å². The molecule has 0 aliphatic rings. The molecule has 0 spiro atoms. The lowest BCUT2D eigenvalue weighted by molar-refractivity contribution is 0.102. The first-order valence-corrected chi connectivity index (χ1v) is 7.28. The van der Waals surface area contributed by atoms with Gasteiger partial charge >= 0.3 is 0 Å². The number of anilines is 1. The fraction of sp³-hybridized carbons (Fsp3) is 0.111. The second-order valence-electron chi connectivity index (χ2n) is 5.10. The van der Waals surface area contributed by atoms with Crippen LogP contribution in [0.1, 0.15) is 10.4 Å². The zero-order valence-corrected chi connectivity index (χ0v) is 13.3. The average molecular weight is 324 g/mol. The van der Waals surface area contributed by atoms with E-state index in [4.69, 9.17) is 9.47 Å². The molecule has 24 heavy (non-hydrogen) atoms. The summed E-state index contributed by atoms with van der Waals surface area (Å²) in [5.74, 6) is 0.415. The number of para-hydroxylation sites is 1. The maximum absolute atomic E-state index is 12.7. The molecule has 1 amide bonds. The van der Waals surface area contributed by atoms with Gasteiger partial charge in [0, 0.05) is 24.0 Å². The van der Waals surface area contributed by atoms with Crippen LogP contribution < -0.4 is 20.2 Å². The molecule has 0 saturated carbocycles. The Hall–Kier alpha value is -3.28. The Morgan fingerprint density at radius 2 is 1.83 bits per heavy atom. The summed E-state index contributed by atoms with van der Waals surface area (Å²) < 4.78 is 10.5. The average Bonchev–Trinajstić information content (AvgIpc) is 2.61. The molecule has 1 heterocycles. The third-order valence-corrected chi connectivity index (χ3v) is 3.65. The van der Waals surface area contributed by atoms with Crippen LogP contribution in [-0.2, 0) is 0 Å². The van der Waals surface area contributed by atoms with Gasteiger partial charge in [-0.3, -0.25) is 9.59 Å². The van der Waals surface area contributed by atoms with Gasteiger partial charge in [-0.2, -0.15) is 0 Å². The lowest BCUT2D eigenvalue weighted by Crippen LogP contribution is -2.22. The SMILES string of the molecule is COc1cc(OC)c2c(=O)c(C(=O)Nc3ccccc3)c[nH]c2c1. The minimum absolute atomic E-state index is 0.00909. The quantitative estimate of drug-likeness (QED) is 0.773. The van der Waals surface area contributed by atoms with Gasteiger partial charge in [0.05, 0.1) is 25.1 Å².